The first-order valence-corrected chi connectivity index (χ1v) is 5.45. The first kappa shape index (κ1) is 13.9. The lowest BCUT2D eigenvalue weighted by Crippen LogP contribution is -2.35. The summed E-state index contributed by atoms with van der Waals surface area (Å²) in [6.07, 6.45) is -3.74. The van der Waals surface area contributed by atoms with E-state index in [4.69, 9.17) is 17.3 Å². The Morgan fingerprint density at radius 1 is 1.41 bits per heavy atom. The minimum atomic E-state index is -4.30. The van der Waals surface area contributed by atoms with Crippen molar-refractivity contribution >= 4 is 23.1 Å². The fourth-order valence-electron chi connectivity index (χ4n) is 1.44. The van der Waals surface area contributed by atoms with Gasteiger partial charge in [-0.1, -0.05) is 18.5 Å². The quantitative estimate of drug-likeness (QED) is 0.853. The van der Waals surface area contributed by atoms with E-state index in [0.717, 1.165) is 4.90 Å². The van der Waals surface area contributed by atoms with Gasteiger partial charge in [-0.3, -0.25) is 0 Å². The topological polar surface area (TPSA) is 42.2 Å². The van der Waals surface area contributed by atoms with Gasteiger partial charge < -0.3 is 10.6 Å². The Labute approximate surface area is 102 Å². The van der Waals surface area contributed by atoms with E-state index in [1.165, 1.54) is 12.1 Å². The van der Waals surface area contributed by atoms with Gasteiger partial charge in [0.05, 0.1) is 5.69 Å². The molecule has 1 rings (SSSR count). The van der Waals surface area contributed by atoms with Gasteiger partial charge in [0.15, 0.2) is 5.82 Å². The first-order chi connectivity index (χ1) is 7.83. The maximum absolute atomic E-state index is 12.4. The SMILES string of the molecule is CCCN(CC(F)(F)F)c1nc(Cl)ccc1N. The highest BCUT2D eigenvalue weighted by Crippen LogP contribution is 2.26. The van der Waals surface area contributed by atoms with E-state index in [1.54, 1.807) is 6.92 Å². The van der Waals surface area contributed by atoms with Crippen molar-refractivity contribution in [2.75, 3.05) is 23.7 Å². The summed E-state index contributed by atoms with van der Waals surface area (Å²) in [6.45, 7) is 0.916. The van der Waals surface area contributed by atoms with E-state index in [-0.39, 0.29) is 23.2 Å². The third-order valence-corrected chi connectivity index (χ3v) is 2.25. The number of aromatic nitrogens is 1. The number of nitrogen functional groups attached to an aromatic ring is 1. The predicted octanol–water partition coefficient (Wildman–Crippen LogP) is 3.10. The van der Waals surface area contributed by atoms with Crippen LogP contribution in [0.15, 0.2) is 12.1 Å². The van der Waals surface area contributed by atoms with Gasteiger partial charge in [-0.2, -0.15) is 13.2 Å². The van der Waals surface area contributed by atoms with Crippen LogP contribution in [-0.2, 0) is 0 Å². The maximum Gasteiger partial charge on any atom is 0.405 e. The van der Waals surface area contributed by atoms with Crippen molar-refractivity contribution in [2.45, 2.75) is 19.5 Å². The molecule has 0 saturated carbocycles. The Morgan fingerprint density at radius 3 is 2.59 bits per heavy atom. The monoisotopic (exact) mass is 267 g/mol. The van der Waals surface area contributed by atoms with E-state index >= 15 is 0 Å². The molecule has 1 aromatic heterocycles. The molecule has 0 spiro atoms. The average Bonchev–Trinajstić information content (AvgIpc) is 2.19. The van der Waals surface area contributed by atoms with Crippen LogP contribution in [0.1, 0.15) is 13.3 Å². The first-order valence-electron chi connectivity index (χ1n) is 5.07. The molecule has 7 heteroatoms. The summed E-state index contributed by atoms with van der Waals surface area (Å²) in [5, 5.41) is 0.123. The molecule has 0 fully saturated rings. The Morgan fingerprint density at radius 2 is 2.06 bits per heavy atom. The van der Waals surface area contributed by atoms with E-state index < -0.39 is 12.7 Å². The van der Waals surface area contributed by atoms with Crippen molar-refractivity contribution in [1.82, 2.24) is 4.98 Å². The van der Waals surface area contributed by atoms with Gasteiger partial charge in [0.25, 0.3) is 0 Å². The third kappa shape index (κ3) is 4.30. The molecular weight excluding hydrogens is 255 g/mol. The van der Waals surface area contributed by atoms with Crippen LogP contribution in [0, 0.1) is 0 Å². The summed E-state index contributed by atoms with van der Waals surface area (Å²) in [4.78, 5) is 4.93. The fraction of sp³-hybridized carbons (Fsp3) is 0.500. The summed E-state index contributed by atoms with van der Waals surface area (Å²) in [5.41, 5.74) is 5.80. The zero-order valence-corrected chi connectivity index (χ0v) is 10.0. The molecule has 3 nitrogen and oxygen atoms in total. The second-order valence-electron chi connectivity index (χ2n) is 3.58. The molecule has 0 saturated heterocycles. The number of halogens is 4. The van der Waals surface area contributed by atoms with Crippen LogP contribution in [-0.4, -0.2) is 24.2 Å². The lowest BCUT2D eigenvalue weighted by molar-refractivity contribution is -0.119. The number of hydrogen-bond donors (Lipinski definition) is 1. The molecule has 96 valence electrons. The van der Waals surface area contributed by atoms with Gasteiger partial charge in [-0.25, -0.2) is 4.98 Å². The summed E-state index contributed by atoms with van der Waals surface area (Å²) in [5.74, 6) is 0.0803. The van der Waals surface area contributed by atoms with Crippen molar-refractivity contribution in [1.29, 1.82) is 0 Å². The van der Waals surface area contributed by atoms with Gasteiger partial charge in [-0.05, 0) is 18.6 Å². The minimum absolute atomic E-state index is 0.0803. The van der Waals surface area contributed by atoms with Crippen molar-refractivity contribution in [3.63, 3.8) is 0 Å². The number of pyridine rings is 1. The molecule has 2 N–H and O–H groups in total. The van der Waals surface area contributed by atoms with Crippen LogP contribution >= 0.6 is 11.6 Å². The molecule has 1 heterocycles. The lowest BCUT2D eigenvalue weighted by atomic mass is 10.3. The molecule has 0 bridgehead atoms. The lowest BCUT2D eigenvalue weighted by Gasteiger charge is -2.25. The maximum atomic E-state index is 12.4. The van der Waals surface area contributed by atoms with Crippen LogP contribution in [0.5, 0.6) is 0 Å². The molecule has 0 aliphatic carbocycles. The molecule has 0 atom stereocenters. The summed E-state index contributed by atoms with van der Waals surface area (Å²) >= 11 is 5.66. The minimum Gasteiger partial charge on any atom is -0.396 e. The van der Waals surface area contributed by atoms with E-state index in [1.807, 2.05) is 0 Å². The summed E-state index contributed by atoms with van der Waals surface area (Å²) in [7, 11) is 0. The Bertz CT molecular complexity index is 382. The smallest absolute Gasteiger partial charge is 0.396 e. The van der Waals surface area contributed by atoms with Crippen molar-refractivity contribution < 1.29 is 13.2 Å². The van der Waals surface area contributed by atoms with Gasteiger partial charge >= 0.3 is 6.18 Å². The highest BCUT2D eigenvalue weighted by Gasteiger charge is 2.31. The predicted molar refractivity (Wildman–Crippen MR) is 62.2 cm³/mol. The molecule has 0 aromatic carbocycles. The van der Waals surface area contributed by atoms with Crippen LogP contribution in [0.25, 0.3) is 0 Å². The van der Waals surface area contributed by atoms with Crippen LogP contribution in [0.3, 0.4) is 0 Å². The number of rotatable bonds is 4. The molecule has 17 heavy (non-hydrogen) atoms. The second-order valence-corrected chi connectivity index (χ2v) is 3.97. The zero-order chi connectivity index (χ0) is 13.1. The zero-order valence-electron chi connectivity index (χ0n) is 9.26. The van der Waals surface area contributed by atoms with E-state index in [2.05, 4.69) is 4.98 Å². The molecular formula is C10H13ClF3N3. The summed E-state index contributed by atoms with van der Waals surface area (Å²) < 4.78 is 37.2. The van der Waals surface area contributed by atoms with Gasteiger partial charge in [0, 0.05) is 6.54 Å². The molecule has 0 amide bonds. The highest BCUT2D eigenvalue weighted by atomic mass is 35.5. The number of nitrogens with two attached hydrogens (primary N) is 1. The number of hydrogen-bond acceptors (Lipinski definition) is 3. The van der Waals surface area contributed by atoms with E-state index in [9.17, 15) is 13.2 Å². The second kappa shape index (κ2) is 5.44. The molecule has 0 aliphatic rings. The summed E-state index contributed by atoms with van der Waals surface area (Å²) in [6, 6.07) is 2.89. The van der Waals surface area contributed by atoms with Crippen molar-refractivity contribution in [2.24, 2.45) is 0 Å². The Kier molecular flexibility index (Phi) is 4.45. The molecule has 1 aromatic rings. The van der Waals surface area contributed by atoms with Gasteiger partial charge in [0.2, 0.25) is 0 Å². The van der Waals surface area contributed by atoms with Crippen LogP contribution in [0.4, 0.5) is 24.7 Å². The fourth-order valence-corrected chi connectivity index (χ4v) is 1.58. The van der Waals surface area contributed by atoms with Crippen molar-refractivity contribution in [3.8, 4) is 0 Å². The average molecular weight is 268 g/mol. The largest absolute Gasteiger partial charge is 0.405 e. The van der Waals surface area contributed by atoms with E-state index in [0.29, 0.717) is 6.42 Å². The number of anilines is 2. The molecule has 0 aliphatic heterocycles. The highest BCUT2D eigenvalue weighted by molar-refractivity contribution is 6.29. The standard InChI is InChI=1S/C10H13ClF3N3/c1-2-5-17(6-10(12,13)14)9-7(15)3-4-8(11)16-9/h3-4H,2,5-6,15H2,1H3. The number of alkyl halides is 3. The molecule has 0 radical (unpaired) electrons. The van der Waals surface area contributed by atoms with Crippen LogP contribution in [0.2, 0.25) is 5.15 Å². The molecule has 0 unspecified atom stereocenters. The van der Waals surface area contributed by atoms with Crippen LogP contribution < -0.4 is 10.6 Å². The van der Waals surface area contributed by atoms with Gasteiger partial charge in [0.1, 0.15) is 11.7 Å². The Hall–Kier alpha value is -1.17. The van der Waals surface area contributed by atoms with Crippen molar-refractivity contribution in [3.05, 3.63) is 17.3 Å². The third-order valence-electron chi connectivity index (χ3n) is 2.03. The normalized spacial score (nSPS) is 11.6. The Balaban J connectivity index is 3.00. The van der Waals surface area contributed by atoms with Gasteiger partial charge in [-0.15, -0.1) is 0 Å². The number of nitrogens with zero attached hydrogens (tertiary/aromatic N) is 2.